The average Bonchev–Trinajstić information content (AvgIpc) is 2.63. The van der Waals surface area contributed by atoms with E-state index in [9.17, 15) is 18.0 Å². The molecule has 0 aliphatic rings. The molecule has 2 aromatic rings. The zero-order valence-corrected chi connectivity index (χ0v) is 16.6. The molecule has 27 heavy (non-hydrogen) atoms. The summed E-state index contributed by atoms with van der Waals surface area (Å²) >= 11 is 0. The first-order valence-electron chi connectivity index (χ1n) is 8.24. The number of nitrogens with one attached hydrogen (secondary N) is 1. The van der Waals surface area contributed by atoms with E-state index in [4.69, 9.17) is 0 Å². The minimum Gasteiger partial charge on any atom is -0.349 e. The van der Waals surface area contributed by atoms with Crippen molar-refractivity contribution >= 4 is 27.5 Å². The summed E-state index contributed by atoms with van der Waals surface area (Å²) in [5.74, 6) is -0.347. The van der Waals surface area contributed by atoms with Gasteiger partial charge in [-0.2, -0.15) is 0 Å². The van der Waals surface area contributed by atoms with E-state index >= 15 is 0 Å². The number of nitrogens with zero attached hydrogens (tertiary/aromatic N) is 2. The Morgan fingerprint density at radius 3 is 1.93 bits per heavy atom. The maximum absolute atomic E-state index is 12.3. The second-order valence-corrected chi connectivity index (χ2v) is 8.58. The van der Waals surface area contributed by atoms with Crippen LogP contribution in [-0.2, 0) is 21.2 Å². The molecule has 0 unspecified atom stereocenters. The van der Waals surface area contributed by atoms with Crippen molar-refractivity contribution in [2.75, 3.05) is 33.5 Å². The number of benzene rings is 2. The molecule has 0 aliphatic carbocycles. The molecule has 144 valence electrons. The minimum atomic E-state index is -3.53. The number of rotatable bonds is 6. The Balaban J connectivity index is 2.06. The van der Waals surface area contributed by atoms with Gasteiger partial charge >= 0.3 is 0 Å². The molecule has 1 N–H and O–H groups in total. The van der Waals surface area contributed by atoms with Gasteiger partial charge in [0, 0.05) is 39.4 Å². The molecule has 0 saturated carbocycles. The number of hydrogen-bond donors (Lipinski definition) is 1. The van der Waals surface area contributed by atoms with Crippen molar-refractivity contribution in [2.45, 2.75) is 11.3 Å². The molecule has 0 heterocycles. The number of carbonyl (C=O) groups excluding carboxylic acids is 2. The quantitative estimate of drug-likeness (QED) is 0.816. The molecule has 0 spiro atoms. The molecule has 0 aromatic heterocycles. The van der Waals surface area contributed by atoms with Gasteiger partial charge in [0.1, 0.15) is 0 Å². The first-order valence-corrected chi connectivity index (χ1v) is 9.68. The third-order valence-electron chi connectivity index (χ3n) is 3.96. The highest BCUT2D eigenvalue weighted by Gasteiger charge is 2.17. The van der Waals surface area contributed by atoms with E-state index in [1.54, 1.807) is 38.4 Å². The fourth-order valence-electron chi connectivity index (χ4n) is 2.23. The standard InChI is InChI=1S/C19H23N3O4S/c1-21(2)18(23)13-14-5-9-16(10-6-14)20-19(24)15-7-11-17(12-8-15)27(25,26)22(3)4/h5-12H,13H2,1-4H3,(H,20,24). The van der Waals surface area contributed by atoms with E-state index in [0.29, 0.717) is 17.7 Å². The summed E-state index contributed by atoms with van der Waals surface area (Å²) in [5.41, 5.74) is 1.79. The van der Waals surface area contributed by atoms with Gasteiger partial charge in [0.05, 0.1) is 11.3 Å². The summed E-state index contributed by atoms with van der Waals surface area (Å²) in [6, 6.07) is 12.8. The van der Waals surface area contributed by atoms with Gasteiger partial charge in [0.25, 0.3) is 5.91 Å². The molecule has 0 aliphatic heterocycles. The number of carbonyl (C=O) groups is 2. The maximum Gasteiger partial charge on any atom is 0.255 e. The van der Waals surface area contributed by atoms with Crippen molar-refractivity contribution in [2.24, 2.45) is 0 Å². The van der Waals surface area contributed by atoms with Crippen molar-refractivity contribution in [3.63, 3.8) is 0 Å². The van der Waals surface area contributed by atoms with E-state index in [1.807, 2.05) is 0 Å². The van der Waals surface area contributed by atoms with Gasteiger partial charge in [0.2, 0.25) is 15.9 Å². The lowest BCUT2D eigenvalue weighted by Gasteiger charge is -2.12. The molecule has 2 amide bonds. The average molecular weight is 389 g/mol. The van der Waals surface area contributed by atoms with E-state index in [0.717, 1.165) is 9.87 Å². The van der Waals surface area contributed by atoms with Crippen LogP contribution in [0.25, 0.3) is 0 Å². The monoisotopic (exact) mass is 389 g/mol. The fourth-order valence-corrected chi connectivity index (χ4v) is 3.13. The van der Waals surface area contributed by atoms with Crippen LogP contribution in [0.4, 0.5) is 5.69 Å². The summed E-state index contributed by atoms with van der Waals surface area (Å²) in [6.45, 7) is 0. The molecule has 0 bridgehead atoms. The number of hydrogen-bond acceptors (Lipinski definition) is 4. The second kappa shape index (κ2) is 8.32. The Hall–Kier alpha value is -2.71. The van der Waals surface area contributed by atoms with Gasteiger partial charge in [-0.1, -0.05) is 12.1 Å². The van der Waals surface area contributed by atoms with Gasteiger partial charge in [0.15, 0.2) is 0 Å². The maximum atomic E-state index is 12.3. The number of anilines is 1. The van der Waals surface area contributed by atoms with Crippen LogP contribution in [0.2, 0.25) is 0 Å². The lowest BCUT2D eigenvalue weighted by atomic mass is 10.1. The lowest BCUT2D eigenvalue weighted by molar-refractivity contribution is -0.127. The van der Waals surface area contributed by atoms with E-state index in [-0.39, 0.29) is 16.7 Å². The molecule has 2 rings (SSSR count). The van der Waals surface area contributed by atoms with E-state index in [1.165, 1.54) is 43.3 Å². The van der Waals surface area contributed by atoms with Gasteiger partial charge in [-0.3, -0.25) is 9.59 Å². The molecule has 0 radical (unpaired) electrons. The third-order valence-corrected chi connectivity index (χ3v) is 5.79. The van der Waals surface area contributed by atoms with Crippen LogP contribution in [0.1, 0.15) is 15.9 Å². The van der Waals surface area contributed by atoms with Crippen molar-refractivity contribution in [3.8, 4) is 0 Å². The SMILES string of the molecule is CN(C)C(=O)Cc1ccc(NC(=O)c2ccc(S(=O)(=O)N(C)C)cc2)cc1. The normalized spacial score (nSPS) is 11.3. The highest BCUT2D eigenvalue weighted by Crippen LogP contribution is 2.16. The molecule has 8 heteroatoms. The van der Waals surface area contributed by atoms with Crippen molar-refractivity contribution in [1.29, 1.82) is 0 Å². The summed E-state index contributed by atoms with van der Waals surface area (Å²) in [4.78, 5) is 25.7. The van der Waals surface area contributed by atoms with Crippen LogP contribution < -0.4 is 5.32 Å². The molecule has 0 atom stereocenters. The molecule has 0 saturated heterocycles. The Bertz CT molecular complexity index is 918. The van der Waals surface area contributed by atoms with Crippen LogP contribution in [0.3, 0.4) is 0 Å². The molecule has 7 nitrogen and oxygen atoms in total. The Morgan fingerprint density at radius 1 is 0.889 bits per heavy atom. The largest absolute Gasteiger partial charge is 0.349 e. The smallest absolute Gasteiger partial charge is 0.255 e. The van der Waals surface area contributed by atoms with Gasteiger partial charge in [-0.05, 0) is 42.0 Å². The second-order valence-electron chi connectivity index (χ2n) is 6.43. The van der Waals surface area contributed by atoms with Crippen LogP contribution in [0.15, 0.2) is 53.4 Å². The number of sulfonamides is 1. The molecule has 0 fully saturated rings. The number of likely N-dealkylation sites (N-methyl/N-ethyl adjacent to an activating group) is 1. The zero-order valence-electron chi connectivity index (χ0n) is 15.8. The predicted octanol–water partition coefficient (Wildman–Crippen LogP) is 1.82. The lowest BCUT2D eigenvalue weighted by Crippen LogP contribution is -2.23. The van der Waals surface area contributed by atoms with Gasteiger partial charge < -0.3 is 10.2 Å². The highest BCUT2D eigenvalue weighted by molar-refractivity contribution is 7.89. The third kappa shape index (κ3) is 5.15. The summed E-state index contributed by atoms with van der Waals surface area (Å²) < 4.78 is 25.2. The first-order chi connectivity index (χ1) is 12.6. The van der Waals surface area contributed by atoms with Gasteiger partial charge in [-0.25, -0.2) is 12.7 Å². The van der Waals surface area contributed by atoms with E-state index < -0.39 is 10.0 Å². The zero-order chi connectivity index (χ0) is 20.2. The molecule has 2 aromatic carbocycles. The van der Waals surface area contributed by atoms with Crippen LogP contribution in [-0.4, -0.2) is 57.6 Å². The highest BCUT2D eigenvalue weighted by atomic mass is 32.2. The Morgan fingerprint density at radius 2 is 1.44 bits per heavy atom. The Labute approximate surface area is 159 Å². The summed E-state index contributed by atoms with van der Waals surface area (Å²) in [5, 5.41) is 2.75. The molecular formula is C19H23N3O4S. The topological polar surface area (TPSA) is 86.8 Å². The van der Waals surface area contributed by atoms with Crippen LogP contribution in [0.5, 0.6) is 0 Å². The Kier molecular flexibility index (Phi) is 6.35. The predicted molar refractivity (Wildman–Crippen MR) is 104 cm³/mol. The van der Waals surface area contributed by atoms with Crippen LogP contribution >= 0.6 is 0 Å². The summed E-state index contributed by atoms with van der Waals surface area (Å²) in [7, 11) is 2.77. The minimum absolute atomic E-state index is 0.000415. The van der Waals surface area contributed by atoms with E-state index in [2.05, 4.69) is 5.32 Å². The summed E-state index contributed by atoms with van der Waals surface area (Å²) in [6.07, 6.45) is 0.295. The number of amides is 2. The molecular weight excluding hydrogens is 366 g/mol. The fraction of sp³-hybridized carbons (Fsp3) is 0.263. The van der Waals surface area contributed by atoms with Crippen LogP contribution in [0, 0.1) is 0 Å². The van der Waals surface area contributed by atoms with Gasteiger partial charge in [-0.15, -0.1) is 0 Å². The first kappa shape index (κ1) is 20.6. The van der Waals surface area contributed by atoms with Crippen molar-refractivity contribution < 1.29 is 18.0 Å². The van der Waals surface area contributed by atoms with Crippen molar-refractivity contribution in [3.05, 3.63) is 59.7 Å². The van der Waals surface area contributed by atoms with Crippen molar-refractivity contribution in [1.82, 2.24) is 9.21 Å².